The zero-order valence-electron chi connectivity index (χ0n) is 10.9. The second-order valence-corrected chi connectivity index (χ2v) is 7.25. The van der Waals surface area contributed by atoms with Gasteiger partial charge in [-0.2, -0.15) is 5.10 Å². The molecule has 4 rings (SSSR count). The van der Waals surface area contributed by atoms with Gasteiger partial charge in [-0.1, -0.05) is 34.2 Å². The Bertz CT molecular complexity index is 661. The molecule has 5 heteroatoms. The second kappa shape index (κ2) is 4.07. The van der Waals surface area contributed by atoms with Crippen LogP contribution in [0.4, 0.5) is 0 Å². The van der Waals surface area contributed by atoms with E-state index in [9.17, 15) is 9.90 Å². The molecule has 1 fully saturated rings. The summed E-state index contributed by atoms with van der Waals surface area (Å²) < 4.78 is 1.51. The van der Waals surface area contributed by atoms with Gasteiger partial charge in [-0.3, -0.25) is 0 Å². The first-order valence-electron chi connectivity index (χ1n) is 7.00. The molecule has 0 aliphatic heterocycles. The molecule has 104 valence electrons. The molecule has 1 N–H and O–H groups in total. The third-order valence-electron chi connectivity index (χ3n) is 4.74. The predicted octanol–water partition coefficient (Wildman–Crippen LogP) is 3.51. The molecule has 1 heterocycles. The van der Waals surface area contributed by atoms with E-state index in [1.807, 2.05) is 16.8 Å². The van der Waals surface area contributed by atoms with Gasteiger partial charge in [0, 0.05) is 23.6 Å². The molecule has 2 bridgehead atoms. The normalized spacial score (nSPS) is 33.6. The number of carboxylic acids is 1. The fourth-order valence-electron chi connectivity index (χ4n) is 3.91. The lowest BCUT2D eigenvalue weighted by Gasteiger charge is -2.28. The number of rotatable bonds is 2. The van der Waals surface area contributed by atoms with Crippen LogP contribution < -0.4 is 0 Å². The van der Waals surface area contributed by atoms with Gasteiger partial charge in [-0.15, -0.1) is 0 Å². The Morgan fingerprint density at radius 1 is 1.40 bits per heavy atom. The van der Waals surface area contributed by atoms with Crippen molar-refractivity contribution in [1.29, 1.82) is 0 Å². The highest BCUT2D eigenvalue weighted by Crippen LogP contribution is 2.55. The Hall–Kier alpha value is -1.36. The number of halogens is 1. The van der Waals surface area contributed by atoms with Crippen LogP contribution in [-0.4, -0.2) is 20.9 Å². The van der Waals surface area contributed by atoms with E-state index < -0.39 is 10.4 Å². The number of hydrogen-bond acceptors (Lipinski definition) is 2. The van der Waals surface area contributed by atoms with Crippen LogP contribution in [0.3, 0.4) is 0 Å². The van der Waals surface area contributed by atoms with Gasteiger partial charge in [0.1, 0.15) is 4.45 Å². The first-order valence-corrected chi connectivity index (χ1v) is 7.79. The highest BCUT2D eigenvalue weighted by atomic mass is 79.9. The predicted molar refractivity (Wildman–Crippen MR) is 78.3 cm³/mol. The average Bonchev–Trinajstić information content (AvgIpc) is 3.11. The summed E-state index contributed by atoms with van der Waals surface area (Å²) in [4.78, 5) is 11.5. The van der Waals surface area contributed by atoms with Crippen LogP contribution in [0.1, 0.15) is 59.3 Å². The van der Waals surface area contributed by atoms with E-state index >= 15 is 0 Å². The Kier molecular flexibility index (Phi) is 2.52. The van der Waals surface area contributed by atoms with E-state index in [2.05, 4.69) is 33.2 Å². The maximum atomic E-state index is 11.5. The Morgan fingerprint density at radius 3 is 2.90 bits per heavy atom. The molecule has 0 radical (unpaired) electrons. The molecule has 3 atom stereocenters. The minimum Gasteiger partial charge on any atom is -0.476 e. The quantitative estimate of drug-likeness (QED) is 0.842. The summed E-state index contributed by atoms with van der Waals surface area (Å²) in [5.41, 5.74) is 2.40. The van der Waals surface area contributed by atoms with Crippen molar-refractivity contribution in [2.45, 2.75) is 42.0 Å². The molecule has 3 aliphatic carbocycles. The summed E-state index contributed by atoms with van der Waals surface area (Å²) in [6.45, 7) is 0. The van der Waals surface area contributed by atoms with Gasteiger partial charge in [-0.25, -0.2) is 9.48 Å². The highest BCUT2D eigenvalue weighted by Gasteiger charge is 2.46. The Balaban J connectivity index is 1.92. The number of aromatic carboxylic acids is 1. The molecule has 1 saturated carbocycles. The summed E-state index contributed by atoms with van der Waals surface area (Å²) in [6.07, 6.45) is 12.3. The largest absolute Gasteiger partial charge is 0.476 e. The zero-order valence-corrected chi connectivity index (χ0v) is 12.5. The van der Waals surface area contributed by atoms with E-state index in [1.165, 1.54) is 0 Å². The molecular weight excluding hydrogens is 320 g/mol. The number of aromatic nitrogens is 2. The number of nitrogens with zero attached hydrogens (tertiary/aromatic N) is 2. The van der Waals surface area contributed by atoms with Gasteiger partial charge < -0.3 is 5.11 Å². The maximum Gasteiger partial charge on any atom is 0.356 e. The van der Waals surface area contributed by atoms with E-state index in [0.717, 1.165) is 36.9 Å². The summed E-state index contributed by atoms with van der Waals surface area (Å²) in [5.74, 6) is -0.0302. The topological polar surface area (TPSA) is 55.1 Å². The highest BCUT2D eigenvalue weighted by molar-refractivity contribution is 9.09. The fourth-order valence-corrected chi connectivity index (χ4v) is 4.52. The van der Waals surface area contributed by atoms with Crippen LogP contribution in [0, 0.1) is 0 Å². The molecule has 1 aromatic rings. The molecule has 1 aromatic heterocycles. The lowest BCUT2D eigenvalue weighted by Crippen LogP contribution is -2.28. The lowest BCUT2D eigenvalue weighted by atomic mass is 9.95. The Morgan fingerprint density at radius 2 is 2.20 bits per heavy atom. The molecule has 4 nitrogen and oxygen atoms in total. The van der Waals surface area contributed by atoms with Crippen molar-refractivity contribution >= 4 is 21.9 Å². The average molecular weight is 335 g/mol. The van der Waals surface area contributed by atoms with Crippen LogP contribution in [0.5, 0.6) is 0 Å². The van der Waals surface area contributed by atoms with Gasteiger partial charge in [0.05, 0.1) is 0 Å². The van der Waals surface area contributed by atoms with E-state index in [4.69, 9.17) is 0 Å². The third-order valence-corrected chi connectivity index (χ3v) is 5.67. The minimum atomic E-state index is -0.904. The van der Waals surface area contributed by atoms with Crippen molar-refractivity contribution in [3.8, 4) is 0 Å². The summed E-state index contributed by atoms with van der Waals surface area (Å²) >= 11 is 3.76. The van der Waals surface area contributed by atoms with Gasteiger partial charge in [-0.05, 0) is 31.3 Å². The van der Waals surface area contributed by atoms with Crippen LogP contribution in [0.25, 0.3) is 0 Å². The van der Waals surface area contributed by atoms with Crippen LogP contribution in [-0.2, 0) is 4.45 Å². The summed E-state index contributed by atoms with van der Waals surface area (Å²) in [5, 5.41) is 13.9. The second-order valence-electron chi connectivity index (χ2n) is 5.88. The maximum absolute atomic E-state index is 11.5. The molecule has 3 unspecified atom stereocenters. The SMILES string of the molecule is O=C(O)c1nn(C2(Br)C=CC=CC2)c2c1C1CCC2C1. The lowest BCUT2D eigenvalue weighted by molar-refractivity contribution is 0.0687. The number of fused-ring (bicyclic) bond motifs is 5. The van der Waals surface area contributed by atoms with Crippen molar-refractivity contribution in [1.82, 2.24) is 9.78 Å². The van der Waals surface area contributed by atoms with Gasteiger partial charge >= 0.3 is 5.97 Å². The van der Waals surface area contributed by atoms with E-state index in [-0.39, 0.29) is 5.69 Å². The summed E-state index contributed by atoms with van der Waals surface area (Å²) in [6, 6.07) is 0. The van der Waals surface area contributed by atoms with Crippen LogP contribution >= 0.6 is 15.9 Å². The first-order chi connectivity index (χ1) is 9.60. The molecule has 0 spiro atoms. The van der Waals surface area contributed by atoms with Crippen molar-refractivity contribution in [3.05, 3.63) is 41.3 Å². The zero-order chi connectivity index (χ0) is 13.9. The van der Waals surface area contributed by atoms with E-state index in [1.54, 1.807) is 0 Å². The van der Waals surface area contributed by atoms with Crippen molar-refractivity contribution in [2.75, 3.05) is 0 Å². The van der Waals surface area contributed by atoms with Gasteiger partial charge in [0.25, 0.3) is 0 Å². The molecule has 3 aliphatic rings. The smallest absolute Gasteiger partial charge is 0.356 e. The number of carbonyl (C=O) groups is 1. The standard InChI is InChI=1S/C15H15BrN2O2/c16-15(6-2-1-3-7-15)18-13-10-5-4-9(8-10)11(13)12(17-18)14(19)20/h1-3,6,9-10H,4-5,7-8H2,(H,19,20). The fraction of sp³-hybridized carbons (Fsp3) is 0.467. The minimum absolute atomic E-state index is 0.258. The number of carboxylic acid groups (broad SMARTS) is 1. The van der Waals surface area contributed by atoms with Gasteiger partial charge in [0.2, 0.25) is 0 Å². The number of alkyl halides is 1. The van der Waals surface area contributed by atoms with Crippen LogP contribution in [0.15, 0.2) is 24.3 Å². The van der Waals surface area contributed by atoms with Crippen molar-refractivity contribution in [2.24, 2.45) is 0 Å². The van der Waals surface area contributed by atoms with E-state index in [0.29, 0.717) is 11.8 Å². The summed E-state index contributed by atoms with van der Waals surface area (Å²) in [7, 11) is 0. The van der Waals surface area contributed by atoms with Gasteiger partial charge in [0.15, 0.2) is 5.69 Å². The number of hydrogen-bond donors (Lipinski definition) is 1. The molecule has 0 aromatic carbocycles. The number of allylic oxidation sites excluding steroid dienone is 4. The van der Waals surface area contributed by atoms with Crippen molar-refractivity contribution in [3.63, 3.8) is 0 Å². The molecule has 0 amide bonds. The monoisotopic (exact) mass is 334 g/mol. The van der Waals surface area contributed by atoms with Crippen LogP contribution in [0.2, 0.25) is 0 Å². The molecule has 20 heavy (non-hydrogen) atoms. The first kappa shape index (κ1) is 12.4. The molecular formula is C15H15BrN2O2. The third kappa shape index (κ3) is 1.53. The molecule has 0 saturated heterocycles. The van der Waals surface area contributed by atoms with Crippen molar-refractivity contribution < 1.29 is 9.90 Å². The Labute approximate surface area is 125 Å².